The molecule has 0 aliphatic carbocycles. The van der Waals surface area contributed by atoms with Gasteiger partial charge in [0.05, 0.1) is 13.1 Å². The van der Waals surface area contributed by atoms with E-state index in [4.69, 9.17) is 0 Å². The fourth-order valence-electron chi connectivity index (χ4n) is 2.29. The Morgan fingerprint density at radius 1 is 1.12 bits per heavy atom. The van der Waals surface area contributed by atoms with E-state index in [1.165, 1.54) is 4.88 Å². The summed E-state index contributed by atoms with van der Waals surface area (Å²) >= 11 is 1.66. The van der Waals surface area contributed by atoms with Gasteiger partial charge in [-0.25, -0.2) is 0 Å². The number of amides is 2. The fraction of sp³-hybridized carbons (Fsp3) is 0.333. The van der Waals surface area contributed by atoms with Gasteiger partial charge in [-0.05, 0) is 49.5 Å². The Kier molecular flexibility index (Phi) is 6.52. The number of thiophene rings is 1. The van der Waals surface area contributed by atoms with Gasteiger partial charge in [-0.2, -0.15) is 0 Å². The average molecular weight is 345 g/mol. The van der Waals surface area contributed by atoms with Gasteiger partial charge in [0, 0.05) is 17.1 Å². The molecule has 5 nitrogen and oxygen atoms in total. The minimum atomic E-state index is -0.224. The number of rotatable bonds is 7. The van der Waals surface area contributed by atoms with Crippen LogP contribution in [0.4, 0.5) is 5.69 Å². The number of aryl methyl sites for hydroxylation is 1. The second kappa shape index (κ2) is 8.61. The molecule has 2 N–H and O–H groups in total. The van der Waals surface area contributed by atoms with Gasteiger partial charge < -0.3 is 10.6 Å². The molecule has 0 radical (unpaired) electrons. The zero-order valence-corrected chi connectivity index (χ0v) is 15.1. The lowest BCUT2D eigenvalue weighted by molar-refractivity contribution is -0.124. The highest BCUT2D eigenvalue weighted by Gasteiger charge is 2.10. The summed E-state index contributed by atoms with van der Waals surface area (Å²) in [5.74, 6) is -0.386. The highest BCUT2D eigenvalue weighted by molar-refractivity contribution is 7.09. The van der Waals surface area contributed by atoms with Crippen LogP contribution < -0.4 is 10.6 Å². The van der Waals surface area contributed by atoms with Gasteiger partial charge in [0.2, 0.25) is 11.8 Å². The molecule has 1 heterocycles. The first-order valence-electron chi connectivity index (χ1n) is 7.79. The van der Waals surface area contributed by atoms with Crippen LogP contribution in [0.1, 0.15) is 16.0 Å². The Balaban J connectivity index is 1.74. The summed E-state index contributed by atoms with van der Waals surface area (Å²) < 4.78 is 0. The molecular formula is C18H23N3O2S. The largest absolute Gasteiger partial charge is 0.346 e. The quantitative estimate of drug-likeness (QED) is 0.811. The van der Waals surface area contributed by atoms with Crippen molar-refractivity contribution in [3.8, 4) is 0 Å². The first-order chi connectivity index (χ1) is 11.5. The number of carbonyl (C=O) groups excluding carboxylic acids is 2. The Labute approximate surface area is 146 Å². The predicted octanol–water partition coefficient (Wildman–Crippen LogP) is 2.55. The van der Waals surface area contributed by atoms with E-state index in [2.05, 4.69) is 10.6 Å². The number of carbonyl (C=O) groups is 2. The number of benzene rings is 1. The number of hydrogen-bond donors (Lipinski definition) is 2. The summed E-state index contributed by atoms with van der Waals surface area (Å²) in [5.41, 5.74) is 2.93. The summed E-state index contributed by atoms with van der Waals surface area (Å²) in [6.45, 7) is 4.91. The lowest BCUT2D eigenvalue weighted by atomic mass is 10.1. The molecule has 0 saturated heterocycles. The van der Waals surface area contributed by atoms with E-state index in [1.54, 1.807) is 11.3 Å². The van der Waals surface area contributed by atoms with Crippen LogP contribution in [0.3, 0.4) is 0 Å². The molecule has 128 valence electrons. The van der Waals surface area contributed by atoms with Crippen molar-refractivity contribution >= 4 is 28.8 Å². The maximum atomic E-state index is 12.0. The minimum absolute atomic E-state index is 0.0287. The standard InChI is InChI=1S/C18H23N3O2S/c1-13-6-4-8-16(14(13)2)20-17(22)10-19-18(23)12-21(3)11-15-7-5-9-24-15/h4-9H,10-12H2,1-3H3,(H,19,23)(H,20,22). The lowest BCUT2D eigenvalue weighted by Gasteiger charge is -2.15. The molecule has 6 heteroatoms. The summed E-state index contributed by atoms with van der Waals surface area (Å²) in [6, 6.07) is 9.78. The van der Waals surface area contributed by atoms with Crippen LogP contribution in [-0.2, 0) is 16.1 Å². The zero-order valence-electron chi connectivity index (χ0n) is 14.3. The highest BCUT2D eigenvalue weighted by atomic mass is 32.1. The van der Waals surface area contributed by atoms with Crippen molar-refractivity contribution in [1.82, 2.24) is 10.2 Å². The molecule has 0 aliphatic heterocycles. The summed E-state index contributed by atoms with van der Waals surface area (Å²) in [7, 11) is 1.88. The van der Waals surface area contributed by atoms with Crippen LogP contribution in [0.2, 0.25) is 0 Å². The van der Waals surface area contributed by atoms with Crippen molar-refractivity contribution < 1.29 is 9.59 Å². The van der Waals surface area contributed by atoms with Crippen LogP contribution in [0.5, 0.6) is 0 Å². The number of anilines is 1. The molecule has 0 saturated carbocycles. The van der Waals surface area contributed by atoms with E-state index < -0.39 is 0 Å². The Morgan fingerprint density at radius 2 is 1.92 bits per heavy atom. The van der Waals surface area contributed by atoms with Crippen molar-refractivity contribution in [2.75, 3.05) is 25.5 Å². The summed E-state index contributed by atoms with van der Waals surface area (Å²) in [5, 5.41) is 7.50. The highest BCUT2D eigenvalue weighted by Crippen LogP contribution is 2.17. The maximum Gasteiger partial charge on any atom is 0.243 e. The van der Waals surface area contributed by atoms with E-state index in [1.807, 2.05) is 61.5 Å². The van der Waals surface area contributed by atoms with Gasteiger partial charge in [0.15, 0.2) is 0 Å². The molecule has 0 aliphatic rings. The van der Waals surface area contributed by atoms with Gasteiger partial charge in [0.25, 0.3) is 0 Å². The lowest BCUT2D eigenvalue weighted by Crippen LogP contribution is -2.39. The van der Waals surface area contributed by atoms with E-state index >= 15 is 0 Å². The number of likely N-dealkylation sites (N-methyl/N-ethyl adjacent to an activating group) is 1. The molecule has 24 heavy (non-hydrogen) atoms. The van der Waals surface area contributed by atoms with Crippen LogP contribution in [-0.4, -0.2) is 36.9 Å². The monoisotopic (exact) mass is 345 g/mol. The Bertz CT molecular complexity index is 698. The van der Waals surface area contributed by atoms with Gasteiger partial charge in [-0.15, -0.1) is 11.3 Å². The van der Waals surface area contributed by atoms with Crippen molar-refractivity contribution in [1.29, 1.82) is 0 Å². The second-order valence-electron chi connectivity index (χ2n) is 5.82. The molecule has 0 spiro atoms. The number of nitrogens with one attached hydrogen (secondary N) is 2. The first-order valence-corrected chi connectivity index (χ1v) is 8.67. The molecule has 0 atom stereocenters. The normalized spacial score (nSPS) is 10.7. The fourth-order valence-corrected chi connectivity index (χ4v) is 3.07. The van der Waals surface area contributed by atoms with Crippen LogP contribution in [0.15, 0.2) is 35.7 Å². The molecular weight excluding hydrogens is 322 g/mol. The van der Waals surface area contributed by atoms with E-state index in [-0.39, 0.29) is 24.9 Å². The molecule has 2 aromatic rings. The third-order valence-corrected chi connectivity index (χ3v) is 4.61. The van der Waals surface area contributed by atoms with Gasteiger partial charge in [-0.3, -0.25) is 14.5 Å². The Morgan fingerprint density at radius 3 is 2.62 bits per heavy atom. The van der Waals surface area contributed by atoms with Crippen molar-refractivity contribution in [3.63, 3.8) is 0 Å². The van der Waals surface area contributed by atoms with Crippen molar-refractivity contribution in [3.05, 3.63) is 51.7 Å². The van der Waals surface area contributed by atoms with Crippen LogP contribution >= 0.6 is 11.3 Å². The van der Waals surface area contributed by atoms with Gasteiger partial charge in [0.1, 0.15) is 0 Å². The predicted molar refractivity (Wildman–Crippen MR) is 98.2 cm³/mol. The van der Waals surface area contributed by atoms with Crippen LogP contribution in [0, 0.1) is 13.8 Å². The minimum Gasteiger partial charge on any atom is -0.346 e. The smallest absolute Gasteiger partial charge is 0.243 e. The van der Waals surface area contributed by atoms with E-state index in [9.17, 15) is 9.59 Å². The van der Waals surface area contributed by atoms with Crippen molar-refractivity contribution in [2.45, 2.75) is 20.4 Å². The molecule has 0 bridgehead atoms. The van der Waals surface area contributed by atoms with E-state index in [0.717, 1.165) is 23.4 Å². The molecule has 0 unspecified atom stereocenters. The van der Waals surface area contributed by atoms with Gasteiger partial charge >= 0.3 is 0 Å². The third kappa shape index (κ3) is 5.47. The first kappa shape index (κ1) is 18.2. The number of nitrogens with zero attached hydrogens (tertiary/aromatic N) is 1. The number of hydrogen-bond acceptors (Lipinski definition) is 4. The van der Waals surface area contributed by atoms with E-state index in [0.29, 0.717) is 0 Å². The van der Waals surface area contributed by atoms with Gasteiger partial charge in [-0.1, -0.05) is 18.2 Å². The second-order valence-corrected chi connectivity index (χ2v) is 6.86. The third-order valence-electron chi connectivity index (χ3n) is 3.74. The maximum absolute atomic E-state index is 12.0. The zero-order chi connectivity index (χ0) is 17.5. The SMILES string of the molecule is Cc1cccc(NC(=O)CNC(=O)CN(C)Cc2cccs2)c1C. The average Bonchev–Trinajstić information content (AvgIpc) is 3.02. The Hall–Kier alpha value is -2.18. The molecule has 0 fully saturated rings. The molecule has 1 aromatic carbocycles. The molecule has 2 rings (SSSR count). The summed E-state index contributed by atoms with van der Waals surface area (Å²) in [4.78, 5) is 27.0. The topological polar surface area (TPSA) is 61.4 Å². The van der Waals surface area contributed by atoms with Crippen LogP contribution in [0.25, 0.3) is 0 Å². The van der Waals surface area contributed by atoms with Crippen molar-refractivity contribution in [2.24, 2.45) is 0 Å². The molecule has 2 amide bonds. The molecule has 1 aromatic heterocycles. The summed E-state index contributed by atoms with van der Waals surface area (Å²) in [6.07, 6.45) is 0.